The highest BCUT2D eigenvalue weighted by atomic mass is 35.5. The Balaban J connectivity index is 2.86. The van der Waals surface area contributed by atoms with E-state index in [4.69, 9.17) is 11.6 Å². The first-order chi connectivity index (χ1) is 9.82. The number of amides is 1. The van der Waals surface area contributed by atoms with Gasteiger partial charge in [-0.2, -0.15) is 0 Å². The zero-order chi connectivity index (χ0) is 16.0. The number of nitrogens with zero attached hydrogens (tertiary/aromatic N) is 1. The third-order valence-corrected chi connectivity index (χ3v) is 5.27. The molecule has 1 N–H and O–H groups in total. The summed E-state index contributed by atoms with van der Waals surface area (Å²) < 4.78 is 26.0. The molecule has 0 fully saturated rings. The van der Waals surface area contributed by atoms with Gasteiger partial charge in [0, 0.05) is 32.4 Å². The van der Waals surface area contributed by atoms with Crippen molar-refractivity contribution in [3.05, 3.63) is 29.8 Å². The number of hydrogen-bond donors (Lipinski definition) is 1. The molecule has 118 valence electrons. The van der Waals surface area contributed by atoms with Crippen LogP contribution in [0.4, 0.5) is 0 Å². The number of rotatable bonds is 7. The highest BCUT2D eigenvalue weighted by molar-refractivity contribution is 7.89. The van der Waals surface area contributed by atoms with Crippen molar-refractivity contribution in [1.29, 1.82) is 0 Å². The minimum absolute atomic E-state index is 0.130. The van der Waals surface area contributed by atoms with Crippen LogP contribution in [0.1, 0.15) is 12.5 Å². The van der Waals surface area contributed by atoms with Crippen molar-refractivity contribution in [2.75, 3.05) is 26.5 Å². The second kappa shape index (κ2) is 7.77. The van der Waals surface area contributed by atoms with Gasteiger partial charge in [0.25, 0.3) is 0 Å². The molecule has 0 radical (unpaired) electrons. The van der Waals surface area contributed by atoms with Gasteiger partial charge >= 0.3 is 0 Å². The largest absolute Gasteiger partial charge is 0.359 e. The molecule has 5 nitrogen and oxygen atoms in total. The van der Waals surface area contributed by atoms with E-state index < -0.39 is 15.9 Å². The Hall–Kier alpha value is -1.11. The normalized spacial score (nSPS) is 13.2. The molecular formula is C14H21ClN2O3S. The summed E-state index contributed by atoms with van der Waals surface area (Å²) in [4.78, 5) is 11.7. The minimum Gasteiger partial charge on any atom is -0.359 e. The maximum Gasteiger partial charge on any atom is 0.242 e. The van der Waals surface area contributed by atoms with Crippen molar-refractivity contribution in [3.8, 4) is 0 Å². The molecule has 7 heteroatoms. The molecule has 0 aliphatic rings. The van der Waals surface area contributed by atoms with Gasteiger partial charge in [-0.1, -0.05) is 19.1 Å². The molecule has 1 aromatic carbocycles. The topological polar surface area (TPSA) is 66.5 Å². The van der Waals surface area contributed by atoms with E-state index in [0.717, 1.165) is 5.56 Å². The number of carbonyl (C=O) groups is 1. The lowest BCUT2D eigenvalue weighted by atomic mass is 10.2. The first-order valence-electron chi connectivity index (χ1n) is 6.65. The van der Waals surface area contributed by atoms with Crippen LogP contribution in [0.5, 0.6) is 0 Å². The van der Waals surface area contributed by atoms with Gasteiger partial charge in [0.05, 0.1) is 4.90 Å². The van der Waals surface area contributed by atoms with Crippen molar-refractivity contribution in [2.45, 2.75) is 18.2 Å². The molecule has 0 bridgehead atoms. The average molecular weight is 333 g/mol. The highest BCUT2D eigenvalue weighted by Crippen LogP contribution is 2.17. The number of carbonyl (C=O) groups excluding carboxylic acids is 1. The lowest BCUT2D eigenvalue weighted by Gasteiger charge is -2.20. The van der Waals surface area contributed by atoms with Gasteiger partial charge in [-0.05, 0) is 24.1 Å². The summed E-state index contributed by atoms with van der Waals surface area (Å²) in [5.74, 6) is -0.102. The number of aryl methyl sites for hydroxylation is 1. The van der Waals surface area contributed by atoms with E-state index in [2.05, 4.69) is 5.32 Å². The van der Waals surface area contributed by atoms with Gasteiger partial charge in [0.1, 0.15) is 0 Å². The van der Waals surface area contributed by atoms with Crippen molar-refractivity contribution < 1.29 is 13.2 Å². The van der Waals surface area contributed by atoms with Gasteiger partial charge in [0.2, 0.25) is 15.9 Å². The third-order valence-electron chi connectivity index (χ3n) is 3.24. The summed E-state index contributed by atoms with van der Waals surface area (Å²) in [6.45, 7) is 1.82. The quantitative estimate of drug-likeness (QED) is 0.769. The summed E-state index contributed by atoms with van der Waals surface area (Å²) >= 11 is 5.65. The van der Waals surface area contributed by atoms with Gasteiger partial charge in [-0.15, -0.1) is 11.6 Å². The molecule has 0 aliphatic heterocycles. The molecule has 1 unspecified atom stereocenters. The number of halogens is 1. The summed E-state index contributed by atoms with van der Waals surface area (Å²) in [6, 6.07) is 6.65. The monoisotopic (exact) mass is 332 g/mol. The van der Waals surface area contributed by atoms with Crippen molar-refractivity contribution >= 4 is 27.5 Å². The molecule has 1 rings (SSSR count). The van der Waals surface area contributed by atoms with E-state index in [-0.39, 0.29) is 17.3 Å². The van der Waals surface area contributed by atoms with E-state index in [1.807, 2.05) is 0 Å². The van der Waals surface area contributed by atoms with Crippen molar-refractivity contribution in [1.82, 2.24) is 9.62 Å². The number of nitrogens with one attached hydrogen (secondary N) is 1. The summed E-state index contributed by atoms with van der Waals surface area (Å²) in [5.41, 5.74) is 0.991. The third kappa shape index (κ3) is 4.69. The van der Waals surface area contributed by atoms with Crippen LogP contribution >= 0.6 is 11.6 Å². The van der Waals surface area contributed by atoms with Crippen LogP contribution in [0.25, 0.3) is 0 Å². The lowest BCUT2D eigenvalue weighted by Crippen LogP contribution is -2.37. The number of alkyl halides is 1. The smallest absolute Gasteiger partial charge is 0.242 e. The van der Waals surface area contributed by atoms with Gasteiger partial charge in [-0.25, -0.2) is 12.7 Å². The Morgan fingerprint density at radius 3 is 2.38 bits per heavy atom. The number of hydrogen-bond acceptors (Lipinski definition) is 3. The Labute approximate surface area is 131 Å². The van der Waals surface area contributed by atoms with Crippen LogP contribution in [0.2, 0.25) is 0 Å². The van der Waals surface area contributed by atoms with Crippen LogP contribution < -0.4 is 5.32 Å². The van der Waals surface area contributed by atoms with Gasteiger partial charge < -0.3 is 5.32 Å². The van der Waals surface area contributed by atoms with Gasteiger partial charge in [-0.3, -0.25) is 4.79 Å². The Kier molecular flexibility index (Phi) is 6.64. The molecule has 1 atom stereocenters. The number of sulfonamides is 1. The van der Waals surface area contributed by atoms with Crippen LogP contribution in [0.15, 0.2) is 29.2 Å². The maximum atomic E-state index is 12.4. The fourth-order valence-corrected chi connectivity index (χ4v) is 3.41. The minimum atomic E-state index is -3.59. The molecule has 0 heterocycles. The Morgan fingerprint density at radius 2 is 1.90 bits per heavy atom. The predicted molar refractivity (Wildman–Crippen MR) is 83.9 cm³/mol. The maximum absolute atomic E-state index is 12.4. The van der Waals surface area contributed by atoms with Gasteiger partial charge in [0.15, 0.2) is 0 Å². The zero-order valence-corrected chi connectivity index (χ0v) is 14.0. The average Bonchev–Trinajstić information content (AvgIpc) is 2.47. The first-order valence-corrected chi connectivity index (χ1v) is 8.63. The molecular weight excluding hydrogens is 312 g/mol. The molecule has 1 aromatic rings. The first kappa shape index (κ1) is 17.9. The lowest BCUT2D eigenvalue weighted by molar-refractivity contribution is -0.124. The van der Waals surface area contributed by atoms with E-state index in [1.54, 1.807) is 31.2 Å². The number of benzene rings is 1. The van der Waals surface area contributed by atoms with E-state index >= 15 is 0 Å². The SMILES string of the molecule is CNC(=O)C(C)CN(C)S(=O)(=O)c1ccc(CCCl)cc1. The summed E-state index contributed by atoms with van der Waals surface area (Å²) in [5, 5.41) is 2.51. The second-order valence-corrected chi connectivity index (χ2v) is 7.31. The van der Waals surface area contributed by atoms with Crippen LogP contribution in [0.3, 0.4) is 0 Å². The predicted octanol–water partition coefficient (Wildman–Crippen LogP) is 1.47. The summed E-state index contributed by atoms with van der Waals surface area (Å²) in [7, 11) is -0.583. The highest BCUT2D eigenvalue weighted by Gasteiger charge is 2.24. The molecule has 0 spiro atoms. The van der Waals surface area contributed by atoms with Crippen LogP contribution in [-0.4, -0.2) is 45.2 Å². The molecule has 0 aliphatic carbocycles. The second-order valence-electron chi connectivity index (χ2n) is 4.88. The molecule has 0 aromatic heterocycles. The van der Waals surface area contributed by atoms with Crippen molar-refractivity contribution in [3.63, 3.8) is 0 Å². The summed E-state index contributed by atoms with van der Waals surface area (Å²) in [6.07, 6.45) is 0.700. The van der Waals surface area contributed by atoms with Crippen molar-refractivity contribution in [2.24, 2.45) is 5.92 Å². The molecule has 0 saturated carbocycles. The van der Waals surface area contributed by atoms with Crippen LogP contribution in [-0.2, 0) is 21.2 Å². The van der Waals surface area contributed by atoms with E-state index in [9.17, 15) is 13.2 Å². The van der Waals surface area contributed by atoms with E-state index in [0.29, 0.717) is 12.3 Å². The fourth-order valence-electron chi connectivity index (χ4n) is 1.93. The molecule has 1 amide bonds. The standard InChI is InChI=1S/C14H21ClN2O3S/c1-11(14(18)16-2)10-17(3)21(19,20)13-6-4-12(5-7-13)8-9-15/h4-7,11H,8-10H2,1-3H3,(H,16,18). The Morgan fingerprint density at radius 1 is 1.33 bits per heavy atom. The fraction of sp³-hybridized carbons (Fsp3) is 0.500. The van der Waals surface area contributed by atoms with Crippen LogP contribution in [0, 0.1) is 5.92 Å². The molecule has 0 saturated heterocycles. The Bertz CT molecular complexity index is 572. The van der Waals surface area contributed by atoms with E-state index in [1.165, 1.54) is 18.4 Å². The molecule has 21 heavy (non-hydrogen) atoms. The zero-order valence-electron chi connectivity index (χ0n) is 12.5.